The highest BCUT2D eigenvalue weighted by Gasteiger charge is 2.63. The predicted octanol–water partition coefficient (Wildman–Crippen LogP) is 5.26. The van der Waals surface area contributed by atoms with Crippen molar-refractivity contribution < 1.29 is 17.9 Å². The molecule has 1 aliphatic rings. The number of hydrogen-bond acceptors (Lipinski definition) is 3. The van der Waals surface area contributed by atoms with Crippen molar-refractivity contribution in [1.82, 2.24) is 5.32 Å². The Bertz CT molecular complexity index is 787. The number of anilines is 1. The number of nitrogens with one attached hydrogen (secondary N) is 2. The lowest BCUT2D eigenvalue weighted by atomic mass is 10.2. The molecule has 1 aliphatic carbocycles. The minimum atomic E-state index is -4.35. The minimum absolute atomic E-state index is 0.0000483. The van der Waals surface area contributed by atoms with Crippen molar-refractivity contribution in [2.45, 2.75) is 31.5 Å². The molecule has 2 N–H and O–H groups in total. The molecule has 0 atom stereocenters. The van der Waals surface area contributed by atoms with Gasteiger partial charge in [-0.25, -0.2) is 0 Å². The Labute approximate surface area is 166 Å². The Morgan fingerprint density at radius 1 is 1.37 bits per heavy atom. The Balaban J connectivity index is 2.05. The number of allylic oxidation sites excluding steroid dienone is 3. The van der Waals surface area contributed by atoms with Crippen molar-refractivity contribution in [2.24, 2.45) is 4.99 Å². The standard InChI is InChI=1S/C18H19ClF3N3OS/c1-3-4-12(7-10-23-2)26-13-5-6-15(14(19)11-13)24-16(27)25-17(8-9-17)18(20,21)22/h3-7,10-11H,8-9H2,1-2H3,(H2,24,25,27)/b4-3+,12-7+,23-10-. The fourth-order valence-corrected chi connectivity index (χ4v) is 2.73. The summed E-state index contributed by atoms with van der Waals surface area (Å²) in [6.07, 6.45) is 2.49. The zero-order valence-electron chi connectivity index (χ0n) is 14.7. The van der Waals surface area contributed by atoms with Crippen molar-refractivity contribution in [1.29, 1.82) is 0 Å². The monoisotopic (exact) mass is 417 g/mol. The second kappa shape index (κ2) is 8.75. The SMILES string of the molecule is C/C=C/C(=C\C=N/C)Oc1ccc(NC(=S)NC2(C(F)(F)F)CC2)c(Cl)c1. The van der Waals surface area contributed by atoms with Gasteiger partial charge < -0.3 is 15.4 Å². The minimum Gasteiger partial charge on any atom is -0.457 e. The fourth-order valence-electron chi connectivity index (χ4n) is 2.21. The number of alkyl halides is 3. The highest BCUT2D eigenvalue weighted by molar-refractivity contribution is 7.80. The number of nitrogens with zero attached hydrogens (tertiary/aromatic N) is 1. The van der Waals surface area contributed by atoms with Gasteiger partial charge in [0, 0.05) is 19.3 Å². The maximum Gasteiger partial charge on any atom is 0.411 e. The van der Waals surface area contributed by atoms with E-state index in [2.05, 4.69) is 15.6 Å². The van der Waals surface area contributed by atoms with Crippen molar-refractivity contribution in [3.63, 3.8) is 0 Å². The van der Waals surface area contributed by atoms with Crippen molar-refractivity contribution in [2.75, 3.05) is 12.4 Å². The van der Waals surface area contributed by atoms with Crippen LogP contribution >= 0.6 is 23.8 Å². The van der Waals surface area contributed by atoms with Gasteiger partial charge in [0.25, 0.3) is 0 Å². The molecule has 0 heterocycles. The molecule has 1 aromatic rings. The lowest BCUT2D eigenvalue weighted by molar-refractivity contribution is -0.161. The van der Waals surface area contributed by atoms with Crippen LogP contribution in [0.2, 0.25) is 5.02 Å². The molecule has 0 amide bonds. The first-order chi connectivity index (χ1) is 12.7. The number of rotatable bonds is 6. The number of halogens is 4. The van der Waals surface area contributed by atoms with Crippen molar-refractivity contribution in [3.8, 4) is 5.75 Å². The number of aliphatic imine (C=N–C) groups is 1. The molecule has 0 unspecified atom stereocenters. The molecule has 0 bridgehead atoms. The second-order valence-electron chi connectivity index (χ2n) is 5.88. The number of ether oxygens (including phenoxy) is 1. The third-order valence-corrected chi connectivity index (χ3v) is 4.31. The van der Waals surface area contributed by atoms with E-state index in [4.69, 9.17) is 28.6 Å². The molecular weight excluding hydrogens is 399 g/mol. The molecule has 0 aromatic heterocycles. The highest BCUT2D eigenvalue weighted by Crippen LogP contribution is 2.49. The molecule has 0 saturated heterocycles. The summed E-state index contributed by atoms with van der Waals surface area (Å²) in [5.41, 5.74) is -1.55. The van der Waals surface area contributed by atoms with Crippen LogP contribution in [0.15, 0.2) is 47.2 Å². The van der Waals surface area contributed by atoms with Gasteiger partial charge in [-0.15, -0.1) is 0 Å². The molecule has 0 aliphatic heterocycles. The summed E-state index contributed by atoms with van der Waals surface area (Å²) in [6, 6.07) is 4.76. The number of hydrogen-bond donors (Lipinski definition) is 2. The summed E-state index contributed by atoms with van der Waals surface area (Å²) in [6.45, 7) is 1.85. The second-order valence-corrected chi connectivity index (χ2v) is 6.69. The van der Waals surface area contributed by atoms with Gasteiger partial charge in [-0.2, -0.15) is 13.2 Å². The van der Waals surface area contributed by atoms with Gasteiger partial charge in [0.1, 0.15) is 17.0 Å². The quantitative estimate of drug-likeness (QED) is 0.287. The van der Waals surface area contributed by atoms with E-state index in [-0.39, 0.29) is 23.0 Å². The Morgan fingerprint density at radius 2 is 2.07 bits per heavy atom. The van der Waals surface area contributed by atoms with E-state index in [1.165, 1.54) is 0 Å². The van der Waals surface area contributed by atoms with Crippen LogP contribution < -0.4 is 15.4 Å². The molecule has 1 saturated carbocycles. The molecular formula is C18H19ClF3N3OS. The van der Waals surface area contributed by atoms with Crippen LogP contribution in [0.1, 0.15) is 19.8 Å². The summed E-state index contributed by atoms with van der Waals surface area (Å²) in [7, 11) is 1.64. The van der Waals surface area contributed by atoms with Crippen LogP contribution in [0.25, 0.3) is 0 Å². The maximum atomic E-state index is 13.0. The average molecular weight is 418 g/mol. The predicted molar refractivity (Wildman–Crippen MR) is 107 cm³/mol. The summed E-state index contributed by atoms with van der Waals surface area (Å²) in [5, 5.41) is 5.17. The van der Waals surface area contributed by atoms with E-state index in [0.717, 1.165) is 0 Å². The summed E-state index contributed by atoms with van der Waals surface area (Å²) in [4.78, 5) is 3.86. The lowest BCUT2D eigenvalue weighted by Gasteiger charge is -2.23. The van der Waals surface area contributed by atoms with Gasteiger partial charge in [-0.1, -0.05) is 17.7 Å². The molecule has 1 aromatic carbocycles. The topological polar surface area (TPSA) is 45.6 Å². The van der Waals surface area contributed by atoms with Gasteiger partial charge in [0.15, 0.2) is 5.11 Å². The fraction of sp³-hybridized carbons (Fsp3) is 0.333. The summed E-state index contributed by atoms with van der Waals surface area (Å²) in [5.74, 6) is 1.02. The Kier molecular flexibility index (Phi) is 6.89. The van der Waals surface area contributed by atoms with Crippen LogP contribution in [0.5, 0.6) is 5.75 Å². The van der Waals surface area contributed by atoms with Crippen LogP contribution in [0.3, 0.4) is 0 Å². The van der Waals surface area contributed by atoms with Crippen LogP contribution in [-0.4, -0.2) is 30.1 Å². The van der Waals surface area contributed by atoms with Gasteiger partial charge >= 0.3 is 6.18 Å². The lowest BCUT2D eigenvalue weighted by Crippen LogP contribution is -2.49. The molecule has 4 nitrogen and oxygen atoms in total. The van der Waals surface area contributed by atoms with Gasteiger partial charge in [-0.3, -0.25) is 4.99 Å². The molecule has 0 spiro atoms. The number of thiocarbonyl (C=S) groups is 1. The van der Waals surface area contributed by atoms with Gasteiger partial charge in [-0.05, 0) is 56.3 Å². The van der Waals surface area contributed by atoms with E-state index in [1.54, 1.807) is 43.6 Å². The van der Waals surface area contributed by atoms with Crippen molar-refractivity contribution in [3.05, 3.63) is 47.2 Å². The van der Waals surface area contributed by atoms with E-state index in [0.29, 0.717) is 17.2 Å². The normalized spacial score (nSPS) is 16.6. The van der Waals surface area contributed by atoms with Crippen LogP contribution in [0.4, 0.5) is 18.9 Å². The zero-order valence-corrected chi connectivity index (χ0v) is 16.3. The third kappa shape index (κ3) is 5.71. The summed E-state index contributed by atoms with van der Waals surface area (Å²) < 4.78 is 44.7. The van der Waals surface area contributed by atoms with Gasteiger partial charge in [0.05, 0.1) is 10.7 Å². The molecule has 1 fully saturated rings. The van der Waals surface area contributed by atoms with E-state index < -0.39 is 11.7 Å². The first-order valence-electron chi connectivity index (χ1n) is 8.09. The largest absolute Gasteiger partial charge is 0.457 e. The first-order valence-corrected chi connectivity index (χ1v) is 8.88. The van der Waals surface area contributed by atoms with Gasteiger partial charge in [0.2, 0.25) is 0 Å². The Morgan fingerprint density at radius 3 is 2.59 bits per heavy atom. The van der Waals surface area contributed by atoms with E-state index in [9.17, 15) is 13.2 Å². The first kappa shape index (κ1) is 21.2. The smallest absolute Gasteiger partial charge is 0.411 e. The van der Waals surface area contributed by atoms with Crippen LogP contribution in [-0.2, 0) is 0 Å². The third-order valence-electron chi connectivity index (χ3n) is 3.79. The molecule has 9 heteroatoms. The molecule has 27 heavy (non-hydrogen) atoms. The average Bonchev–Trinajstić information content (AvgIpc) is 3.36. The highest BCUT2D eigenvalue weighted by atomic mass is 35.5. The molecule has 0 radical (unpaired) electrons. The van der Waals surface area contributed by atoms with Crippen LogP contribution in [0, 0.1) is 0 Å². The number of benzene rings is 1. The molecule has 146 valence electrons. The molecule has 2 rings (SSSR count). The van der Waals surface area contributed by atoms with Crippen molar-refractivity contribution >= 4 is 40.8 Å². The zero-order chi connectivity index (χ0) is 20.1. The van der Waals surface area contributed by atoms with E-state index >= 15 is 0 Å². The maximum absolute atomic E-state index is 13.0. The summed E-state index contributed by atoms with van der Waals surface area (Å²) >= 11 is 11.2. The van der Waals surface area contributed by atoms with E-state index in [1.807, 2.05) is 13.0 Å². The Hall–Kier alpha value is -2.06.